The predicted molar refractivity (Wildman–Crippen MR) is 95.3 cm³/mol. The molecule has 0 N–H and O–H groups in total. The van der Waals surface area contributed by atoms with E-state index in [1.807, 2.05) is 0 Å². The minimum Gasteiger partial charge on any atom is -0.299 e. The van der Waals surface area contributed by atoms with Gasteiger partial charge in [-0.1, -0.05) is 49.6 Å². The molecule has 0 atom stereocenters. The fraction of sp³-hybridized carbons (Fsp3) is 0.619. The Balaban J connectivity index is 1.91. The highest BCUT2D eigenvalue weighted by molar-refractivity contribution is 5.43. The van der Waals surface area contributed by atoms with Crippen LogP contribution in [0.2, 0.25) is 0 Å². The summed E-state index contributed by atoms with van der Waals surface area (Å²) in [5.41, 5.74) is 6.12. The van der Waals surface area contributed by atoms with E-state index in [-0.39, 0.29) is 5.41 Å². The first kappa shape index (κ1) is 15.8. The van der Waals surface area contributed by atoms with Crippen LogP contribution < -0.4 is 0 Å². The van der Waals surface area contributed by atoms with Crippen LogP contribution in [0.4, 0.5) is 0 Å². The van der Waals surface area contributed by atoms with E-state index in [4.69, 9.17) is 0 Å². The van der Waals surface area contributed by atoms with Gasteiger partial charge in [-0.3, -0.25) is 4.90 Å². The average molecular weight is 297 g/mol. The number of aryl methyl sites for hydroxylation is 1. The Hall–Kier alpha value is -1.08. The molecule has 1 aromatic carbocycles. The zero-order valence-electron chi connectivity index (χ0n) is 14.5. The number of nitrogens with zero attached hydrogens (tertiary/aromatic N) is 1. The van der Waals surface area contributed by atoms with E-state index in [1.165, 1.54) is 74.7 Å². The first-order chi connectivity index (χ1) is 10.6. The van der Waals surface area contributed by atoms with Crippen LogP contribution in [-0.2, 0) is 12.0 Å². The minimum atomic E-state index is 0.239. The third-order valence-electron chi connectivity index (χ3n) is 5.95. The normalized spacial score (nSPS) is 21.9. The standard InChI is InChI=1S/C21H31N/c1-17(2)21(11-5-4-6-12-21)20-15-19(10-9-18(20)3)16-22-13-7-8-14-22/h9-10,15H,1,4-8,11-14,16H2,2-3H3. The summed E-state index contributed by atoms with van der Waals surface area (Å²) < 4.78 is 0. The maximum Gasteiger partial charge on any atom is 0.0233 e. The number of hydrogen-bond acceptors (Lipinski definition) is 1. The van der Waals surface area contributed by atoms with Crippen LogP contribution >= 0.6 is 0 Å². The van der Waals surface area contributed by atoms with E-state index < -0.39 is 0 Å². The van der Waals surface area contributed by atoms with Gasteiger partial charge in [0, 0.05) is 12.0 Å². The molecular weight excluding hydrogens is 266 g/mol. The van der Waals surface area contributed by atoms with E-state index >= 15 is 0 Å². The smallest absolute Gasteiger partial charge is 0.0233 e. The molecule has 1 aliphatic carbocycles. The Morgan fingerprint density at radius 1 is 1.09 bits per heavy atom. The molecule has 0 unspecified atom stereocenters. The summed E-state index contributed by atoms with van der Waals surface area (Å²) in [6.45, 7) is 12.6. The van der Waals surface area contributed by atoms with Crippen LogP contribution in [0.15, 0.2) is 30.4 Å². The molecule has 120 valence electrons. The first-order valence-electron chi connectivity index (χ1n) is 9.10. The van der Waals surface area contributed by atoms with Crippen LogP contribution in [0.5, 0.6) is 0 Å². The summed E-state index contributed by atoms with van der Waals surface area (Å²) in [4.78, 5) is 2.60. The molecule has 22 heavy (non-hydrogen) atoms. The topological polar surface area (TPSA) is 3.24 Å². The maximum absolute atomic E-state index is 4.39. The van der Waals surface area contributed by atoms with Crippen molar-refractivity contribution in [2.24, 2.45) is 0 Å². The van der Waals surface area contributed by atoms with Crippen molar-refractivity contribution in [3.05, 3.63) is 47.0 Å². The van der Waals surface area contributed by atoms with Gasteiger partial charge in [-0.15, -0.1) is 0 Å². The summed E-state index contributed by atoms with van der Waals surface area (Å²) in [6.07, 6.45) is 9.41. The van der Waals surface area contributed by atoms with Crippen LogP contribution in [0.3, 0.4) is 0 Å². The van der Waals surface area contributed by atoms with E-state index in [0.717, 1.165) is 6.54 Å². The molecule has 0 bridgehead atoms. The van der Waals surface area contributed by atoms with Crippen molar-refractivity contribution in [2.75, 3.05) is 13.1 Å². The van der Waals surface area contributed by atoms with Crippen LogP contribution in [0.1, 0.15) is 68.6 Å². The van der Waals surface area contributed by atoms with Gasteiger partial charge in [0.25, 0.3) is 0 Å². The molecule has 0 aromatic heterocycles. The highest BCUT2D eigenvalue weighted by Gasteiger charge is 2.35. The van der Waals surface area contributed by atoms with Gasteiger partial charge in [-0.25, -0.2) is 0 Å². The Kier molecular flexibility index (Phi) is 4.73. The van der Waals surface area contributed by atoms with Gasteiger partial charge in [0.1, 0.15) is 0 Å². The van der Waals surface area contributed by atoms with Crippen LogP contribution in [0, 0.1) is 6.92 Å². The molecular formula is C21H31N. The molecule has 1 heterocycles. The minimum absolute atomic E-state index is 0.239. The lowest BCUT2D eigenvalue weighted by Gasteiger charge is -2.40. The molecule has 1 nitrogen and oxygen atoms in total. The van der Waals surface area contributed by atoms with E-state index in [2.05, 4.69) is 43.5 Å². The lowest BCUT2D eigenvalue weighted by Crippen LogP contribution is -2.31. The van der Waals surface area contributed by atoms with E-state index in [9.17, 15) is 0 Å². The molecule has 1 saturated heterocycles. The number of hydrogen-bond donors (Lipinski definition) is 0. The van der Waals surface area contributed by atoms with Crippen LogP contribution in [0.25, 0.3) is 0 Å². The Morgan fingerprint density at radius 3 is 2.41 bits per heavy atom. The number of likely N-dealkylation sites (tertiary alicyclic amines) is 1. The SMILES string of the molecule is C=C(C)C1(c2cc(CN3CCCC3)ccc2C)CCCCC1. The van der Waals surface area contributed by atoms with Crippen molar-refractivity contribution < 1.29 is 0 Å². The Bertz CT molecular complexity index is 531. The quantitative estimate of drug-likeness (QED) is 0.675. The van der Waals surface area contributed by atoms with Crippen molar-refractivity contribution in [2.45, 2.75) is 70.8 Å². The molecule has 2 aliphatic rings. The molecule has 1 saturated carbocycles. The highest BCUT2D eigenvalue weighted by atomic mass is 15.1. The van der Waals surface area contributed by atoms with Gasteiger partial charge in [0.05, 0.1) is 0 Å². The van der Waals surface area contributed by atoms with Crippen molar-refractivity contribution in [3.63, 3.8) is 0 Å². The third-order valence-corrected chi connectivity index (χ3v) is 5.95. The van der Waals surface area contributed by atoms with Gasteiger partial charge < -0.3 is 0 Å². The molecule has 2 fully saturated rings. The lowest BCUT2D eigenvalue weighted by molar-refractivity contribution is 0.327. The van der Waals surface area contributed by atoms with Gasteiger partial charge in [0.15, 0.2) is 0 Å². The van der Waals surface area contributed by atoms with Crippen LogP contribution in [-0.4, -0.2) is 18.0 Å². The summed E-state index contributed by atoms with van der Waals surface area (Å²) in [7, 11) is 0. The summed E-state index contributed by atoms with van der Waals surface area (Å²) in [5.74, 6) is 0. The summed E-state index contributed by atoms with van der Waals surface area (Å²) in [6, 6.07) is 7.19. The van der Waals surface area contributed by atoms with Gasteiger partial charge in [-0.2, -0.15) is 0 Å². The zero-order valence-corrected chi connectivity index (χ0v) is 14.5. The number of rotatable bonds is 4. The highest BCUT2D eigenvalue weighted by Crippen LogP contribution is 2.45. The maximum atomic E-state index is 4.39. The summed E-state index contributed by atoms with van der Waals surface area (Å²) in [5, 5.41) is 0. The third kappa shape index (κ3) is 3.01. The van der Waals surface area contributed by atoms with Crippen molar-refractivity contribution in [3.8, 4) is 0 Å². The number of benzene rings is 1. The zero-order chi connectivity index (χ0) is 15.6. The molecule has 0 radical (unpaired) electrons. The van der Waals surface area contributed by atoms with Gasteiger partial charge in [-0.05, 0) is 69.3 Å². The van der Waals surface area contributed by atoms with E-state index in [1.54, 1.807) is 5.56 Å². The largest absolute Gasteiger partial charge is 0.299 e. The first-order valence-corrected chi connectivity index (χ1v) is 9.10. The molecule has 3 rings (SSSR count). The molecule has 1 heteroatoms. The Morgan fingerprint density at radius 2 is 1.77 bits per heavy atom. The molecule has 0 spiro atoms. The van der Waals surface area contributed by atoms with Gasteiger partial charge >= 0.3 is 0 Å². The second-order valence-corrected chi connectivity index (χ2v) is 7.56. The van der Waals surface area contributed by atoms with Crippen molar-refractivity contribution in [1.29, 1.82) is 0 Å². The average Bonchev–Trinajstić information content (AvgIpc) is 3.02. The summed E-state index contributed by atoms with van der Waals surface area (Å²) >= 11 is 0. The lowest BCUT2D eigenvalue weighted by atomic mass is 9.64. The fourth-order valence-electron chi connectivity index (χ4n) is 4.56. The molecule has 0 amide bonds. The van der Waals surface area contributed by atoms with Gasteiger partial charge in [0.2, 0.25) is 0 Å². The molecule has 1 aromatic rings. The predicted octanol–water partition coefficient (Wildman–Crippen LogP) is 5.37. The van der Waals surface area contributed by atoms with E-state index in [0.29, 0.717) is 0 Å². The molecule has 1 aliphatic heterocycles. The monoisotopic (exact) mass is 297 g/mol. The van der Waals surface area contributed by atoms with Crippen molar-refractivity contribution >= 4 is 0 Å². The second-order valence-electron chi connectivity index (χ2n) is 7.56. The van der Waals surface area contributed by atoms with Crippen molar-refractivity contribution in [1.82, 2.24) is 4.90 Å². The number of allylic oxidation sites excluding steroid dienone is 1. The Labute approximate surface area is 136 Å². The second kappa shape index (κ2) is 6.58. The fourth-order valence-corrected chi connectivity index (χ4v) is 4.56.